The van der Waals surface area contributed by atoms with E-state index < -0.39 is 11.2 Å². The number of unbranched alkanes of at least 4 members (excludes halogenated alkanes) is 1. The number of amides is 1. The number of nitrogens with zero attached hydrogens (tertiary/aromatic N) is 2. The molecule has 0 aliphatic heterocycles. The summed E-state index contributed by atoms with van der Waals surface area (Å²) in [5, 5.41) is 12.1. The minimum atomic E-state index is -0.951. The Morgan fingerprint density at radius 2 is 1.79 bits per heavy atom. The third-order valence-electron chi connectivity index (χ3n) is 6.69. The maximum atomic E-state index is 13.0. The van der Waals surface area contributed by atoms with E-state index in [1.807, 2.05) is 56.4 Å². The fourth-order valence-corrected chi connectivity index (χ4v) is 5.29. The van der Waals surface area contributed by atoms with Gasteiger partial charge < -0.3 is 15.0 Å². The average Bonchev–Trinajstić information content (AvgIpc) is 3.29. The predicted octanol–water partition coefficient (Wildman–Crippen LogP) is 5.95. The number of carboxylic acid groups (broad SMARTS) is 1. The molecular weight excluding hydrogens is 498 g/mol. The maximum absolute atomic E-state index is 13.0. The number of rotatable bonds is 13. The highest BCUT2D eigenvalue weighted by atomic mass is 32.2. The molecule has 0 bridgehead atoms. The summed E-state index contributed by atoms with van der Waals surface area (Å²) < 4.78 is 2.15. The lowest BCUT2D eigenvalue weighted by Gasteiger charge is -2.21. The second kappa shape index (κ2) is 14.0. The Morgan fingerprint density at radius 1 is 1.08 bits per heavy atom. The monoisotopic (exact) mass is 535 g/mol. The summed E-state index contributed by atoms with van der Waals surface area (Å²) in [5.74, 6) is -0.0387. The van der Waals surface area contributed by atoms with Gasteiger partial charge >= 0.3 is 5.97 Å². The summed E-state index contributed by atoms with van der Waals surface area (Å²) in [5.41, 5.74) is 3.75. The van der Waals surface area contributed by atoms with E-state index >= 15 is 0 Å². The number of aromatic nitrogens is 2. The summed E-state index contributed by atoms with van der Waals surface area (Å²) >= 11 is 1.09. The molecule has 8 heteroatoms. The van der Waals surface area contributed by atoms with E-state index in [1.54, 1.807) is 12.1 Å². The van der Waals surface area contributed by atoms with Crippen molar-refractivity contribution in [3.05, 3.63) is 77.4 Å². The normalized spacial score (nSPS) is 12.6. The molecule has 0 aliphatic carbocycles. The highest BCUT2D eigenvalue weighted by molar-refractivity contribution is 8.14. The first kappa shape index (κ1) is 29.2. The summed E-state index contributed by atoms with van der Waals surface area (Å²) in [7, 11) is 0. The van der Waals surface area contributed by atoms with Gasteiger partial charge in [-0.05, 0) is 35.1 Å². The molecule has 3 rings (SSSR count). The highest BCUT2D eigenvalue weighted by Gasteiger charge is 2.26. The van der Waals surface area contributed by atoms with Gasteiger partial charge in [-0.1, -0.05) is 87.8 Å². The lowest BCUT2D eigenvalue weighted by Crippen LogP contribution is -2.37. The molecule has 1 aromatic heterocycles. The van der Waals surface area contributed by atoms with Crippen LogP contribution in [0.3, 0.4) is 0 Å². The average molecular weight is 536 g/mol. The Bertz CT molecular complexity index is 1250. The molecule has 1 amide bonds. The number of benzene rings is 2. The van der Waals surface area contributed by atoms with Crippen LogP contribution in [0.1, 0.15) is 74.4 Å². The van der Waals surface area contributed by atoms with Crippen LogP contribution in [0.25, 0.3) is 11.1 Å². The molecule has 0 radical (unpaired) electrons. The third kappa shape index (κ3) is 7.57. The topological polar surface area (TPSA) is 101 Å². The van der Waals surface area contributed by atoms with Gasteiger partial charge in [0.25, 0.3) is 0 Å². The van der Waals surface area contributed by atoms with Crippen molar-refractivity contribution >= 4 is 28.8 Å². The number of thioether (sulfide) groups is 1. The Labute approximate surface area is 229 Å². The fourth-order valence-electron chi connectivity index (χ4n) is 4.32. The van der Waals surface area contributed by atoms with E-state index in [4.69, 9.17) is 0 Å². The zero-order valence-electron chi connectivity index (χ0n) is 22.6. The molecule has 0 spiro atoms. The first-order chi connectivity index (χ1) is 18.2. The predicted molar refractivity (Wildman–Crippen MR) is 152 cm³/mol. The van der Waals surface area contributed by atoms with Gasteiger partial charge in [-0.3, -0.25) is 9.59 Å². The zero-order valence-corrected chi connectivity index (χ0v) is 23.4. The molecule has 2 atom stereocenters. The fraction of sp³-hybridized carbons (Fsp3) is 0.400. The van der Waals surface area contributed by atoms with Crippen molar-refractivity contribution in [2.24, 2.45) is 5.92 Å². The van der Waals surface area contributed by atoms with Crippen LogP contribution in [0.15, 0.2) is 54.7 Å². The van der Waals surface area contributed by atoms with Gasteiger partial charge in [-0.15, -0.1) is 0 Å². The van der Waals surface area contributed by atoms with Crippen molar-refractivity contribution in [3.63, 3.8) is 0 Å². The minimum Gasteiger partial charge on any atom is -0.478 e. The van der Waals surface area contributed by atoms with Gasteiger partial charge in [0.05, 0.1) is 29.2 Å². The number of carbonyl (C=O) groups excluding carboxylic acids is 2. The van der Waals surface area contributed by atoms with E-state index in [2.05, 4.69) is 21.8 Å². The molecule has 0 fully saturated rings. The standard InChI is InChI=1S/C30H37N3O4S/c1-5-7-12-27-31-17-24(18-32-29(35)28(20(3)6-2)38-21(4)34)33(27)19-22-13-15-23(16-14-22)25-10-8-9-11-26(25)30(36)37/h8-11,13-17,20,28H,5-7,12,18-19H2,1-4H3,(H,32,35)(H,36,37). The van der Waals surface area contributed by atoms with Crippen molar-refractivity contribution in [1.82, 2.24) is 14.9 Å². The lowest BCUT2D eigenvalue weighted by atomic mass is 9.99. The molecular formula is C30H37N3O4S. The highest BCUT2D eigenvalue weighted by Crippen LogP contribution is 2.25. The van der Waals surface area contributed by atoms with E-state index in [9.17, 15) is 19.5 Å². The van der Waals surface area contributed by atoms with Crippen LogP contribution in [0.5, 0.6) is 0 Å². The molecule has 0 saturated carbocycles. The molecule has 3 aromatic rings. The van der Waals surface area contributed by atoms with Gasteiger partial charge in [0.1, 0.15) is 5.82 Å². The summed E-state index contributed by atoms with van der Waals surface area (Å²) in [4.78, 5) is 41.0. The number of carbonyl (C=O) groups is 3. The molecule has 7 nitrogen and oxygen atoms in total. The number of carboxylic acids is 1. The van der Waals surface area contributed by atoms with Crippen LogP contribution in [0, 0.1) is 5.92 Å². The van der Waals surface area contributed by atoms with Crippen LogP contribution >= 0.6 is 11.8 Å². The van der Waals surface area contributed by atoms with E-state index in [1.165, 1.54) is 6.92 Å². The van der Waals surface area contributed by atoms with Crippen molar-refractivity contribution in [2.45, 2.75) is 71.7 Å². The van der Waals surface area contributed by atoms with Gasteiger partial charge in [0.15, 0.2) is 5.12 Å². The molecule has 2 N–H and O–H groups in total. The first-order valence-corrected chi connectivity index (χ1v) is 14.0. The molecule has 0 aliphatic rings. The van der Waals surface area contributed by atoms with Crippen molar-refractivity contribution in [3.8, 4) is 11.1 Å². The Balaban J connectivity index is 1.81. The van der Waals surface area contributed by atoms with Crippen molar-refractivity contribution in [2.75, 3.05) is 0 Å². The number of hydrogen-bond acceptors (Lipinski definition) is 5. The van der Waals surface area contributed by atoms with E-state index in [0.717, 1.165) is 60.1 Å². The Kier molecular flexibility index (Phi) is 10.7. The Hall–Kier alpha value is -3.39. The first-order valence-electron chi connectivity index (χ1n) is 13.1. The summed E-state index contributed by atoms with van der Waals surface area (Å²) in [6.07, 6.45) is 5.53. The molecule has 202 valence electrons. The van der Waals surface area contributed by atoms with Gasteiger partial charge in [0, 0.05) is 19.9 Å². The quantitative estimate of drug-likeness (QED) is 0.280. The number of imidazole rings is 1. The van der Waals surface area contributed by atoms with Crippen LogP contribution in [-0.2, 0) is 29.1 Å². The van der Waals surface area contributed by atoms with Crippen LogP contribution in [0.4, 0.5) is 0 Å². The third-order valence-corrected chi connectivity index (χ3v) is 7.96. The second-order valence-corrected chi connectivity index (χ2v) is 10.9. The minimum absolute atomic E-state index is 0.0632. The Morgan fingerprint density at radius 3 is 2.42 bits per heavy atom. The maximum Gasteiger partial charge on any atom is 0.336 e. The molecule has 0 saturated heterocycles. The van der Waals surface area contributed by atoms with Crippen molar-refractivity contribution in [1.29, 1.82) is 0 Å². The van der Waals surface area contributed by atoms with Gasteiger partial charge in [-0.25, -0.2) is 9.78 Å². The SMILES string of the molecule is CCCCc1ncc(CNC(=O)C(SC(C)=O)C(C)CC)n1Cc1ccc(-c2ccccc2C(=O)O)cc1. The largest absolute Gasteiger partial charge is 0.478 e. The van der Waals surface area contributed by atoms with Gasteiger partial charge in [0.2, 0.25) is 5.91 Å². The van der Waals surface area contributed by atoms with E-state index in [-0.39, 0.29) is 22.5 Å². The smallest absolute Gasteiger partial charge is 0.336 e. The van der Waals surface area contributed by atoms with E-state index in [0.29, 0.717) is 18.7 Å². The van der Waals surface area contributed by atoms with Gasteiger partial charge in [-0.2, -0.15) is 0 Å². The zero-order chi connectivity index (χ0) is 27.7. The molecule has 1 heterocycles. The molecule has 2 unspecified atom stereocenters. The second-order valence-electron chi connectivity index (χ2n) is 9.54. The number of aromatic carboxylic acids is 1. The number of aryl methyl sites for hydroxylation is 1. The number of nitrogens with one attached hydrogen (secondary N) is 1. The lowest BCUT2D eigenvalue weighted by molar-refractivity contribution is -0.121. The molecule has 2 aromatic carbocycles. The molecule has 38 heavy (non-hydrogen) atoms. The van der Waals surface area contributed by atoms with Crippen molar-refractivity contribution < 1.29 is 19.5 Å². The summed E-state index contributed by atoms with van der Waals surface area (Å²) in [6.45, 7) is 8.56. The number of hydrogen-bond donors (Lipinski definition) is 2. The van der Waals surface area contributed by atoms with Crippen LogP contribution < -0.4 is 5.32 Å². The summed E-state index contributed by atoms with van der Waals surface area (Å²) in [6, 6.07) is 14.9. The van der Waals surface area contributed by atoms with Crippen LogP contribution in [0.2, 0.25) is 0 Å². The van der Waals surface area contributed by atoms with Crippen LogP contribution in [-0.4, -0.2) is 36.9 Å².